The van der Waals surface area contributed by atoms with E-state index in [0.717, 1.165) is 0 Å². The molecule has 2 heterocycles. The predicted molar refractivity (Wildman–Crippen MR) is 105 cm³/mol. The largest absolute Gasteiger partial charge is 0.329 e. The second-order valence-electron chi connectivity index (χ2n) is 5.83. The molecular formula is C17H17N7O4. The summed E-state index contributed by atoms with van der Waals surface area (Å²) in [6, 6.07) is 5.97. The lowest BCUT2D eigenvalue weighted by Gasteiger charge is -2.04. The number of nitro groups is 1. The Labute approximate surface area is 157 Å². The number of H-pyrrole nitrogens is 1. The van der Waals surface area contributed by atoms with Gasteiger partial charge in [-0.3, -0.25) is 29.0 Å². The summed E-state index contributed by atoms with van der Waals surface area (Å²) in [6.07, 6.45) is 5.04. The van der Waals surface area contributed by atoms with Gasteiger partial charge >= 0.3 is 5.69 Å². The zero-order valence-corrected chi connectivity index (χ0v) is 15.1. The van der Waals surface area contributed by atoms with Crippen LogP contribution in [0.15, 0.2) is 51.1 Å². The Hall–Kier alpha value is -4.02. The Morgan fingerprint density at radius 2 is 2.18 bits per heavy atom. The minimum atomic E-state index is -0.570. The first-order valence-electron chi connectivity index (χ1n) is 8.26. The maximum atomic E-state index is 12.3. The summed E-state index contributed by atoms with van der Waals surface area (Å²) in [5, 5.41) is 14.9. The van der Waals surface area contributed by atoms with Crippen LogP contribution in [0.3, 0.4) is 0 Å². The molecule has 11 heteroatoms. The number of nitro benzene ring substituents is 1. The summed E-state index contributed by atoms with van der Waals surface area (Å²) in [6.45, 7) is 2.18. The number of imidazole rings is 1. The second-order valence-corrected chi connectivity index (χ2v) is 5.83. The monoisotopic (exact) mass is 383 g/mol. The van der Waals surface area contributed by atoms with Crippen LogP contribution in [0.4, 0.5) is 11.6 Å². The molecule has 0 aliphatic carbocycles. The van der Waals surface area contributed by atoms with E-state index in [4.69, 9.17) is 0 Å². The number of hydrazone groups is 1. The summed E-state index contributed by atoms with van der Waals surface area (Å²) in [7, 11) is 1.50. The Bertz CT molecular complexity index is 1220. The van der Waals surface area contributed by atoms with Gasteiger partial charge < -0.3 is 0 Å². The summed E-state index contributed by atoms with van der Waals surface area (Å²) in [5.41, 5.74) is 2.52. The average Bonchev–Trinajstić information content (AvgIpc) is 3.04. The van der Waals surface area contributed by atoms with Gasteiger partial charge in [0.15, 0.2) is 11.2 Å². The second kappa shape index (κ2) is 7.70. The fraction of sp³-hybridized carbons (Fsp3) is 0.176. The third-order valence-electron chi connectivity index (χ3n) is 3.99. The van der Waals surface area contributed by atoms with Crippen molar-refractivity contribution in [2.75, 3.05) is 5.43 Å². The summed E-state index contributed by atoms with van der Waals surface area (Å²) in [5.74, 6) is 0.251. The zero-order chi connectivity index (χ0) is 20.3. The average molecular weight is 383 g/mol. The number of nitrogens with one attached hydrogen (secondary N) is 2. The molecule has 0 spiro atoms. The lowest BCUT2D eigenvalue weighted by atomic mass is 10.2. The lowest BCUT2D eigenvalue weighted by molar-refractivity contribution is -0.384. The summed E-state index contributed by atoms with van der Waals surface area (Å²) in [4.78, 5) is 41.0. The van der Waals surface area contributed by atoms with Crippen LogP contribution in [0.2, 0.25) is 0 Å². The SMILES string of the molecule is C/C=C\Cn1c(NN=Cc2cccc([N+](=O)[O-])c2)nc2c1c(=O)[nH]c(=O)n2C. The molecule has 0 bridgehead atoms. The molecule has 0 saturated heterocycles. The molecule has 3 rings (SSSR count). The highest BCUT2D eigenvalue weighted by molar-refractivity contribution is 5.81. The molecule has 144 valence electrons. The maximum absolute atomic E-state index is 12.3. The van der Waals surface area contributed by atoms with Gasteiger partial charge in [-0.25, -0.2) is 10.2 Å². The minimum Gasteiger partial charge on any atom is -0.299 e. The number of aromatic amines is 1. The molecule has 0 atom stereocenters. The Balaban J connectivity index is 2.00. The van der Waals surface area contributed by atoms with Gasteiger partial charge in [0.1, 0.15) is 0 Å². The van der Waals surface area contributed by atoms with Crippen molar-refractivity contribution < 1.29 is 4.92 Å². The maximum Gasteiger partial charge on any atom is 0.329 e. The van der Waals surface area contributed by atoms with Crippen LogP contribution in [0, 0.1) is 10.1 Å². The van der Waals surface area contributed by atoms with Gasteiger partial charge in [0.2, 0.25) is 5.95 Å². The molecule has 3 aromatic rings. The van der Waals surface area contributed by atoms with Crippen molar-refractivity contribution in [3.8, 4) is 0 Å². The number of benzene rings is 1. The molecule has 2 N–H and O–H groups in total. The first-order chi connectivity index (χ1) is 13.4. The molecule has 0 unspecified atom stereocenters. The van der Waals surface area contributed by atoms with Crippen LogP contribution in [-0.2, 0) is 13.6 Å². The van der Waals surface area contributed by atoms with Gasteiger partial charge in [-0.2, -0.15) is 10.1 Å². The number of fused-ring (bicyclic) bond motifs is 1. The molecule has 28 heavy (non-hydrogen) atoms. The summed E-state index contributed by atoms with van der Waals surface area (Å²) >= 11 is 0. The summed E-state index contributed by atoms with van der Waals surface area (Å²) < 4.78 is 2.82. The number of rotatable bonds is 6. The van der Waals surface area contributed by atoms with E-state index in [-0.39, 0.29) is 22.8 Å². The quantitative estimate of drug-likeness (QED) is 0.285. The molecular weight excluding hydrogens is 366 g/mol. The van der Waals surface area contributed by atoms with Gasteiger partial charge in [0.05, 0.1) is 11.1 Å². The van der Waals surface area contributed by atoms with Crippen LogP contribution in [0.25, 0.3) is 11.2 Å². The highest BCUT2D eigenvalue weighted by atomic mass is 16.6. The number of hydrogen-bond donors (Lipinski definition) is 2. The first-order valence-corrected chi connectivity index (χ1v) is 8.26. The molecule has 0 aliphatic heterocycles. The van der Waals surface area contributed by atoms with E-state index in [2.05, 4.69) is 20.5 Å². The van der Waals surface area contributed by atoms with E-state index >= 15 is 0 Å². The Kier molecular flexibility index (Phi) is 5.16. The highest BCUT2D eigenvalue weighted by Crippen LogP contribution is 2.16. The van der Waals surface area contributed by atoms with Gasteiger partial charge in [0, 0.05) is 31.3 Å². The van der Waals surface area contributed by atoms with Crippen LogP contribution < -0.4 is 16.7 Å². The number of non-ortho nitro benzene ring substituents is 1. The van der Waals surface area contributed by atoms with Crippen molar-refractivity contribution in [2.24, 2.45) is 12.1 Å². The topological polar surface area (TPSA) is 140 Å². The van der Waals surface area contributed by atoms with Crippen molar-refractivity contribution in [3.63, 3.8) is 0 Å². The van der Waals surface area contributed by atoms with E-state index in [0.29, 0.717) is 12.1 Å². The number of nitrogens with zero attached hydrogens (tertiary/aromatic N) is 5. The third-order valence-corrected chi connectivity index (χ3v) is 3.99. The van der Waals surface area contributed by atoms with E-state index in [9.17, 15) is 19.7 Å². The fourth-order valence-corrected chi connectivity index (χ4v) is 2.59. The molecule has 11 nitrogen and oxygen atoms in total. The first kappa shape index (κ1) is 18.8. The number of aryl methyl sites for hydroxylation is 1. The minimum absolute atomic E-state index is 0.0502. The van der Waals surface area contributed by atoms with Crippen molar-refractivity contribution in [2.45, 2.75) is 13.5 Å². The number of aromatic nitrogens is 4. The van der Waals surface area contributed by atoms with Crippen molar-refractivity contribution in [3.05, 3.63) is 72.9 Å². The van der Waals surface area contributed by atoms with Crippen LogP contribution in [-0.4, -0.2) is 30.2 Å². The molecule has 0 saturated carbocycles. The molecule has 0 amide bonds. The van der Waals surface area contributed by atoms with Gasteiger partial charge in [-0.1, -0.05) is 24.3 Å². The number of anilines is 1. The molecule has 0 fully saturated rings. The highest BCUT2D eigenvalue weighted by Gasteiger charge is 2.16. The number of hydrogen-bond acceptors (Lipinski definition) is 7. The van der Waals surface area contributed by atoms with E-state index in [1.54, 1.807) is 16.7 Å². The predicted octanol–water partition coefficient (Wildman–Crippen LogP) is 1.35. The van der Waals surface area contributed by atoms with Gasteiger partial charge in [-0.05, 0) is 6.92 Å². The van der Waals surface area contributed by atoms with Crippen LogP contribution in [0.1, 0.15) is 12.5 Å². The van der Waals surface area contributed by atoms with E-state index in [1.165, 1.54) is 30.0 Å². The van der Waals surface area contributed by atoms with Gasteiger partial charge in [-0.15, -0.1) is 0 Å². The molecule has 0 radical (unpaired) electrons. The standard InChI is InChI=1S/C17H17N7O4/c1-3-4-8-23-13-14(22(2)17(26)20-15(13)25)19-16(23)21-18-10-11-6-5-7-12(9-11)24(27)28/h3-7,9-10H,8H2,1-2H3,(H,19,21)(H,20,25,26)/b4-3-,18-10?. The van der Waals surface area contributed by atoms with E-state index in [1.807, 2.05) is 19.1 Å². The fourth-order valence-electron chi connectivity index (χ4n) is 2.59. The molecule has 1 aromatic carbocycles. The lowest BCUT2D eigenvalue weighted by Crippen LogP contribution is -2.29. The molecule has 2 aromatic heterocycles. The zero-order valence-electron chi connectivity index (χ0n) is 15.1. The normalized spacial score (nSPS) is 11.6. The van der Waals surface area contributed by atoms with Crippen LogP contribution >= 0.6 is 0 Å². The third kappa shape index (κ3) is 3.58. The van der Waals surface area contributed by atoms with Crippen LogP contribution in [0.5, 0.6) is 0 Å². The van der Waals surface area contributed by atoms with Crippen molar-refractivity contribution in [1.29, 1.82) is 0 Å². The Morgan fingerprint density at radius 3 is 2.89 bits per heavy atom. The Morgan fingerprint density at radius 1 is 1.39 bits per heavy atom. The van der Waals surface area contributed by atoms with E-state index < -0.39 is 16.2 Å². The van der Waals surface area contributed by atoms with Crippen molar-refractivity contribution in [1.82, 2.24) is 19.1 Å². The smallest absolute Gasteiger partial charge is 0.299 e. The number of allylic oxidation sites excluding steroid dienone is 2. The molecule has 0 aliphatic rings. The van der Waals surface area contributed by atoms with Crippen molar-refractivity contribution >= 4 is 29.0 Å². The van der Waals surface area contributed by atoms with Gasteiger partial charge in [0.25, 0.3) is 11.2 Å².